The van der Waals surface area contributed by atoms with Gasteiger partial charge in [-0.25, -0.2) is 0 Å². The molecule has 5 nitrogen and oxygen atoms in total. The fourth-order valence-electron chi connectivity index (χ4n) is 1.20. The van der Waals surface area contributed by atoms with Crippen LogP contribution in [0, 0.1) is 0 Å². The molecule has 0 unspecified atom stereocenters. The molecule has 14 heavy (non-hydrogen) atoms. The maximum atomic E-state index is 8.55. The van der Waals surface area contributed by atoms with Crippen molar-refractivity contribution in [2.45, 2.75) is 6.54 Å². The quantitative estimate of drug-likeness (QED) is 0.311. The Bertz CT molecular complexity index is 316. The molecule has 0 atom stereocenters. The van der Waals surface area contributed by atoms with Crippen molar-refractivity contribution in [2.75, 3.05) is 20.6 Å². The standard InChI is InChI=1S/C9H16N4O/c1-12(2)6-7-13-5-3-4-8(13)9(10)11-14/h3-5,14H,6-7H2,1-2H3,(H2,10,11). The highest BCUT2D eigenvalue weighted by molar-refractivity contribution is 5.95. The first-order valence-electron chi connectivity index (χ1n) is 4.43. The molecule has 0 spiro atoms. The summed E-state index contributed by atoms with van der Waals surface area (Å²) in [6.07, 6.45) is 1.91. The second-order valence-electron chi connectivity index (χ2n) is 3.38. The average Bonchev–Trinajstić information content (AvgIpc) is 2.61. The van der Waals surface area contributed by atoms with Gasteiger partial charge in [-0.1, -0.05) is 5.16 Å². The van der Waals surface area contributed by atoms with E-state index in [2.05, 4.69) is 10.1 Å². The van der Waals surface area contributed by atoms with Crippen LogP contribution in [-0.2, 0) is 6.54 Å². The monoisotopic (exact) mass is 196 g/mol. The lowest BCUT2D eigenvalue weighted by Crippen LogP contribution is -2.23. The molecule has 1 aromatic rings. The van der Waals surface area contributed by atoms with Crippen LogP contribution in [0.4, 0.5) is 0 Å². The number of aromatic nitrogens is 1. The van der Waals surface area contributed by atoms with Crippen LogP contribution < -0.4 is 5.73 Å². The second-order valence-corrected chi connectivity index (χ2v) is 3.38. The van der Waals surface area contributed by atoms with Gasteiger partial charge in [-0.15, -0.1) is 0 Å². The lowest BCUT2D eigenvalue weighted by Gasteiger charge is -2.12. The van der Waals surface area contributed by atoms with Crippen LogP contribution in [0.25, 0.3) is 0 Å². The van der Waals surface area contributed by atoms with Crippen molar-refractivity contribution < 1.29 is 5.21 Å². The molecule has 0 amide bonds. The van der Waals surface area contributed by atoms with Crippen molar-refractivity contribution in [2.24, 2.45) is 10.9 Å². The molecule has 0 saturated carbocycles. The number of amidine groups is 1. The lowest BCUT2D eigenvalue weighted by molar-refractivity contribution is 0.318. The summed E-state index contributed by atoms with van der Waals surface area (Å²) < 4.78 is 1.95. The molecule has 1 rings (SSSR count). The first kappa shape index (κ1) is 10.6. The Kier molecular flexibility index (Phi) is 3.53. The Morgan fingerprint density at radius 3 is 2.93 bits per heavy atom. The highest BCUT2D eigenvalue weighted by Gasteiger charge is 2.05. The molecule has 0 radical (unpaired) electrons. The van der Waals surface area contributed by atoms with Gasteiger partial charge in [-0.05, 0) is 26.2 Å². The number of nitrogens with zero attached hydrogens (tertiary/aromatic N) is 3. The molecule has 0 bridgehead atoms. The zero-order valence-corrected chi connectivity index (χ0v) is 8.51. The van der Waals surface area contributed by atoms with E-state index in [1.807, 2.05) is 37.0 Å². The summed E-state index contributed by atoms with van der Waals surface area (Å²) in [6, 6.07) is 3.70. The Balaban J connectivity index is 2.73. The van der Waals surface area contributed by atoms with Crippen LogP contribution in [0.1, 0.15) is 5.69 Å². The highest BCUT2D eigenvalue weighted by atomic mass is 16.4. The minimum absolute atomic E-state index is 0.147. The predicted molar refractivity (Wildman–Crippen MR) is 55.5 cm³/mol. The summed E-state index contributed by atoms with van der Waals surface area (Å²) >= 11 is 0. The molecule has 0 aliphatic carbocycles. The number of nitrogens with two attached hydrogens (primary N) is 1. The van der Waals surface area contributed by atoms with Gasteiger partial charge in [0.15, 0.2) is 5.84 Å². The zero-order chi connectivity index (χ0) is 10.6. The molecule has 1 aromatic heterocycles. The molecule has 78 valence electrons. The molecule has 0 fully saturated rings. The molecule has 1 heterocycles. The Morgan fingerprint density at radius 2 is 2.36 bits per heavy atom. The van der Waals surface area contributed by atoms with E-state index >= 15 is 0 Å². The SMILES string of the molecule is CN(C)CCn1cccc1/C(N)=N\O. The van der Waals surface area contributed by atoms with E-state index in [9.17, 15) is 0 Å². The minimum Gasteiger partial charge on any atom is -0.409 e. The van der Waals surface area contributed by atoms with Crippen molar-refractivity contribution in [1.29, 1.82) is 0 Å². The van der Waals surface area contributed by atoms with Gasteiger partial charge >= 0.3 is 0 Å². The molecule has 0 aromatic carbocycles. The average molecular weight is 196 g/mol. The highest BCUT2D eigenvalue weighted by Crippen LogP contribution is 2.01. The first-order chi connectivity index (χ1) is 6.65. The molecular formula is C9H16N4O. The third-order valence-electron chi connectivity index (χ3n) is 1.99. The Labute approximate surface area is 83.4 Å². The summed E-state index contributed by atoms with van der Waals surface area (Å²) in [5.41, 5.74) is 6.26. The second kappa shape index (κ2) is 4.66. The fourth-order valence-corrected chi connectivity index (χ4v) is 1.20. The van der Waals surface area contributed by atoms with E-state index in [1.54, 1.807) is 0 Å². The maximum absolute atomic E-state index is 8.55. The van der Waals surface area contributed by atoms with Crippen molar-refractivity contribution in [3.8, 4) is 0 Å². The maximum Gasteiger partial charge on any atom is 0.186 e. The third-order valence-corrected chi connectivity index (χ3v) is 1.99. The van der Waals surface area contributed by atoms with E-state index in [1.165, 1.54) is 0 Å². The van der Waals surface area contributed by atoms with Gasteiger partial charge in [0, 0.05) is 19.3 Å². The summed E-state index contributed by atoms with van der Waals surface area (Å²) in [6.45, 7) is 1.74. The zero-order valence-electron chi connectivity index (χ0n) is 8.51. The van der Waals surface area contributed by atoms with Gasteiger partial charge in [0.05, 0.1) is 5.69 Å². The normalized spacial score (nSPS) is 12.4. The Hall–Kier alpha value is -1.49. The van der Waals surface area contributed by atoms with Gasteiger partial charge in [-0.3, -0.25) is 0 Å². The molecule has 0 saturated heterocycles. The smallest absolute Gasteiger partial charge is 0.186 e. The number of rotatable bonds is 4. The summed E-state index contributed by atoms with van der Waals surface area (Å²) in [5, 5.41) is 11.5. The van der Waals surface area contributed by atoms with Crippen LogP contribution in [0.3, 0.4) is 0 Å². The first-order valence-corrected chi connectivity index (χ1v) is 4.43. The van der Waals surface area contributed by atoms with E-state index in [4.69, 9.17) is 10.9 Å². The van der Waals surface area contributed by atoms with Gasteiger partial charge in [0.1, 0.15) is 0 Å². The van der Waals surface area contributed by atoms with Gasteiger partial charge in [0.2, 0.25) is 0 Å². The van der Waals surface area contributed by atoms with E-state index in [-0.39, 0.29) is 5.84 Å². The summed E-state index contributed by atoms with van der Waals surface area (Å²) in [5.74, 6) is 0.147. The van der Waals surface area contributed by atoms with Crippen molar-refractivity contribution >= 4 is 5.84 Å². The number of hydrogen-bond donors (Lipinski definition) is 2. The lowest BCUT2D eigenvalue weighted by atomic mass is 10.4. The molecule has 0 aliphatic rings. The van der Waals surface area contributed by atoms with Crippen molar-refractivity contribution in [1.82, 2.24) is 9.47 Å². The van der Waals surface area contributed by atoms with E-state index in [0.717, 1.165) is 18.8 Å². The number of likely N-dealkylation sites (N-methyl/N-ethyl adjacent to an activating group) is 1. The van der Waals surface area contributed by atoms with Crippen LogP contribution in [-0.4, -0.2) is 41.1 Å². The largest absolute Gasteiger partial charge is 0.409 e. The molecule has 3 N–H and O–H groups in total. The van der Waals surface area contributed by atoms with Crippen molar-refractivity contribution in [3.63, 3.8) is 0 Å². The van der Waals surface area contributed by atoms with Gasteiger partial charge < -0.3 is 20.4 Å². The van der Waals surface area contributed by atoms with E-state index < -0.39 is 0 Å². The Morgan fingerprint density at radius 1 is 1.64 bits per heavy atom. The number of hydrogen-bond acceptors (Lipinski definition) is 3. The molecule has 5 heteroatoms. The predicted octanol–water partition coefficient (Wildman–Crippen LogP) is 0.144. The van der Waals surface area contributed by atoms with Crippen LogP contribution in [0.15, 0.2) is 23.5 Å². The topological polar surface area (TPSA) is 66.8 Å². The van der Waals surface area contributed by atoms with Crippen LogP contribution in [0.5, 0.6) is 0 Å². The third kappa shape index (κ3) is 2.50. The van der Waals surface area contributed by atoms with Gasteiger partial charge in [0.25, 0.3) is 0 Å². The van der Waals surface area contributed by atoms with Crippen LogP contribution >= 0.6 is 0 Å². The summed E-state index contributed by atoms with van der Waals surface area (Å²) in [7, 11) is 4.01. The summed E-state index contributed by atoms with van der Waals surface area (Å²) in [4.78, 5) is 2.08. The van der Waals surface area contributed by atoms with Crippen LogP contribution in [0.2, 0.25) is 0 Å². The van der Waals surface area contributed by atoms with Crippen molar-refractivity contribution in [3.05, 3.63) is 24.0 Å². The fraction of sp³-hybridized carbons (Fsp3) is 0.444. The number of oxime groups is 1. The molecule has 0 aliphatic heterocycles. The minimum atomic E-state index is 0.147. The molecular weight excluding hydrogens is 180 g/mol. The van der Waals surface area contributed by atoms with E-state index in [0.29, 0.717) is 0 Å². The van der Waals surface area contributed by atoms with Gasteiger partial charge in [-0.2, -0.15) is 0 Å².